The second-order valence-electron chi connectivity index (χ2n) is 4.62. The third-order valence-electron chi connectivity index (χ3n) is 3.15. The number of benzene rings is 1. The number of aliphatic hydroxyl groups is 2. The number of ether oxygens (including phenoxy) is 1. The number of halogens is 1. The first-order valence-electron chi connectivity index (χ1n) is 6.26. The molecule has 1 aromatic rings. The summed E-state index contributed by atoms with van der Waals surface area (Å²) in [5, 5.41) is 18.9. The zero-order valence-corrected chi connectivity index (χ0v) is 12.3. The highest BCUT2D eigenvalue weighted by Crippen LogP contribution is 2.27. The standard InChI is InChI=1S/C14H21BrO3/c1-2-6-14(10-16,11-17)7-8-18-13-5-3-4-12(15)9-13/h3-5,9,16-17H,2,6-8,10-11H2,1H3. The van der Waals surface area contributed by atoms with Gasteiger partial charge in [0.1, 0.15) is 5.75 Å². The van der Waals surface area contributed by atoms with Gasteiger partial charge in [-0.05, 0) is 31.0 Å². The summed E-state index contributed by atoms with van der Waals surface area (Å²) in [6.07, 6.45) is 2.40. The second kappa shape index (κ2) is 7.77. The van der Waals surface area contributed by atoms with Gasteiger partial charge in [0.05, 0.1) is 19.8 Å². The molecule has 0 aliphatic carbocycles. The Morgan fingerprint density at radius 3 is 2.50 bits per heavy atom. The molecule has 1 rings (SSSR count). The highest BCUT2D eigenvalue weighted by Gasteiger charge is 2.27. The molecule has 0 aliphatic rings. The predicted octanol–water partition coefficient (Wildman–Crippen LogP) is 2.99. The van der Waals surface area contributed by atoms with Crippen molar-refractivity contribution in [1.82, 2.24) is 0 Å². The molecule has 0 aromatic heterocycles. The van der Waals surface area contributed by atoms with E-state index in [1.807, 2.05) is 24.3 Å². The molecule has 0 fully saturated rings. The van der Waals surface area contributed by atoms with Crippen molar-refractivity contribution < 1.29 is 14.9 Å². The Morgan fingerprint density at radius 1 is 1.22 bits per heavy atom. The minimum atomic E-state index is -0.416. The van der Waals surface area contributed by atoms with Crippen LogP contribution in [0.5, 0.6) is 5.75 Å². The maximum atomic E-state index is 9.43. The van der Waals surface area contributed by atoms with Crippen molar-refractivity contribution in [1.29, 1.82) is 0 Å². The van der Waals surface area contributed by atoms with Gasteiger partial charge >= 0.3 is 0 Å². The molecule has 0 radical (unpaired) electrons. The predicted molar refractivity (Wildman–Crippen MR) is 75.8 cm³/mol. The van der Waals surface area contributed by atoms with Crippen LogP contribution in [0.4, 0.5) is 0 Å². The van der Waals surface area contributed by atoms with Gasteiger partial charge in [-0.25, -0.2) is 0 Å². The minimum Gasteiger partial charge on any atom is -0.494 e. The summed E-state index contributed by atoms with van der Waals surface area (Å²) >= 11 is 3.39. The van der Waals surface area contributed by atoms with Crippen LogP contribution in [0.15, 0.2) is 28.7 Å². The Kier molecular flexibility index (Phi) is 6.68. The van der Waals surface area contributed by atoms with Crippen molar-refractivity contribution >= 4 is 15.9 Å². The van der Waals surface area contributed by atoms with Gasteiger partial charge in [0.2, 0.25) is 0 Å². The molecule has 0 spiro atoms. The summed E-state index contributed by atoms with van der Waals surface area (Å²) in [5.41, 5.74) is -0.416. The van der Waals surface area contributed by atoms with Crippen molar-refractivity contribution in [3.8, 4) is 5.75 Å². The summed E-state index contributed by atoms with van der Waals surface area (Å²) in [6.45, 7) is 2.55. The Morgan fingerprint density at radius 2 is 1.94 bits per heavy atom. The van der Waals surface area contributed by atoms with E-state index in [1.54, 1.807) is 0 Å². The summed E-state index contributed by atoms with van der Waals surface area (Å²) in [4.78, 5) is 0. The average Bonchev–Trinajstić information content (AvgIpc) is 2.38. The fraction of sp³-hybridized carbons (Fsp3) is 0.571. The first-order valence-corrected chi connectivity index (χ1v) is 7.05. The summed E-state index contributed by atoms with van der Waals surface area (Å²) < 4.78 is 6.62. The first-order chi connectivity index (χ1) is 8.65. The largest absolute Gasteiger partial charge is 0.494 e. The molecule has 0 saturated carbocycles. The molecule has 3 nitrogen and oxygen atoms in total. The molecule has 0 amide bonds. The molecular formula is C14H21BrO3. The smallest absolute Gasteiger partial charge is 0.120 e. The third kappa shape index (κ3) is 4.59. The number of hydrogen-bond donors (Lipinski definition) is 2. The molecule has 4 heteroatoms. The van der Waals surface area contributed by atoms with Crippen LogP contribution in [0.3, 0.4) is 0 Å². The van der Waals surface area contributed by atoms with E-state index in [0.29, 0.717) is 13.0 Å². The van der Waals surface area contributed by atoms with Gasteiger partial charge in [-0.1, -0.05) is 35.3 Å². The SMILES string of the molecule is CCCC(CO)(CO)CCOc1cccc(Br)c1. The van der Waals surface area contributed by atoms with Gasteiger partial charge in [0.25, 0.3) is 0 Å². The van der Waals surface area contributed by atoms with E-state index < -0.39 is 5.41 Å². The van der Waals surface area contributed by atoms with Crippen molar-refractivity contribution in [2.45, 2.75) is 26.2 Å². The zero-order chi connectivity index (χ0) is 13.4. The molecular weight excluding hydrogens is 296 g/mol. The summed E-state index contributed by atoms with van der Waals surface area (Å²) in [6, 6.07) is 7.65. The van der Waals surface area contributed by atoms with Crippen molar-refractivity contribution in [2.24, 2.45) is 5.41 Å². The molecule has 0 saturated heterocycles. The lowest BCUT2D eigenvalue weighted by Gasteiger charge is -2.29. The van der Waals surface area contributed by atoms with Crippen LogP contribution in [0, 0.1) is 5.41 Å². The molecule has 2 N–H and O–H groups in total. The van der Waals surface area contributed by atoms with E-state index in [0.717, 1.165) is 23.1 Å². The first kappa shape index (κ1) is 15.5. The lowest BCUT2D eigenvalue weighted by atomic mass is 9.82. The van der Waals surface area contributed by atoms with E-state index in [-0.39, 0.29) is 13.2 Å². The zero-order valence-electron chi connectivity index (χ0n) is 10.7. The van der Waals surface area contributed by atoms with Gasteiger partial charge in [-0.3, -0.25) is 0 Å². The Hall–Kier alpha value is -0.580. The van der Waals surface area contributed by atoms with Gasteiger partial charge < -0.3 is 14.9 Å². The molecule has 0 atom stereocenters. The fourth-order valence-corrected chi connectivity index (χ4v) is 2.34. The molecule has 0 aliphatic heterocycles. The van der Waals surface area contributed by atoms with Crippen molar-refractivity contribution in [2.75, 3.05) is 19.8 Å². The lowest BCUT2D eigenvalue weighted by Crippen LogP contribution is -2.31. The molecule has 0 bridgehead atoms. The average molecular weight is 317 g/mol. The number of rotatable bonds is 8. The van der Waals surface area contributed by atoms with Crippen LogP contribution in [0.2, 0.25) is 0 Å². The van der Waals surface area contributed by atoms with Gasteiger partial charge in [-0.15, -0.1) is 0 Å². The van der Waals surface area contributed by atoms with Gasteiger partial charge in [-0.2, -0.15) is 0 Å². The topological polar surface area (TPSA) is 49.7 Å². The highest BCUT2D eigenvalue weighted by molar-refractivity contribution is 9.10. The van der Waals surface area contributed by atoms with Crippen LogP contribution in [0.1, 0.15) is 26.2 Å². The van der Waals surface area contributed by atoms with Crippen LogP contribution in [-0.2, 0) is 0 Å². The number of aliphatic hydroxyl groups excluding tert-OH is 2. The maximum absolute atomic E-state index is 9.43. The van der Waals surface area contributed by atoms with Gasteiger partial charge in [0.15, 0.2) is 0 Å². The minimum absolute atomic E-state index is 0.000809. The third-order valence-corrected chi connectivity index (χ3v) is 3.64. The highest BCUT2D eigenvalue weighted by atomic mass is 79.9. The summed E-state index contributed by atoms with van der Waals surface area (Å²) in [7, 11) is 0. The molecule has 1 aromatic carbocycles. The summed E-state index contributed by atoms with van der Waals surface area (Å²) in [5.74, 6) is 0.797. The monoisotopic (exact) mass is 316 g/mol. The normalized spacial score (nSPS) is 11.6. The van der Waals surface area contributed by atoms with E-state index in [9.17, 15) is 10.2 Å². The van der Waals surface area contributed by atoms with E-state index in [2.05, 4.69) is 22.9 Å². The lowest BCUT2D eigenvalue weighted by molar-refractivity contribution is 0.0280. The Balaban J connectivity index is 2.48. The van der Waals surface area contributed by atoms with E-state index >= 15 is 0 Å². The Bertz CT molecular complexity index is 351. The van der Waals surface area contributed by atoms with Crippen LogP contribution >= 0.6 is 15.9 Å². The molecule has 0 heterocycles. The Labute approximate surface area is 117 Å². The molecule has 102 valence electrons. The quantitative estimate of drug-likeness (QED) is 0.775. The van der Waals surface area contributed by atoms with Crippen molar-refractivity contribution in [3.05, 3.63) is 28.7 Å². The fourth-order valence-electron chi connectivity index (χ4n) is 1.96. The van der Waals surface area contributed by atoms with Crippen LogP contribution < -0.4 is 4.74 Å². The van der Waals surface area contributed by atoms with Crippen LogP contribution in [0.25, 0.3) is 0 Å². The second-order valence-corrected chi connectivity index (χ2v) is 5.54. The number of hydrogen-bond acceptors (Lipinski definition) is 3. The molecule has 18 heavy (non-hydrogen) atoms. The van der Waals surface area contributed by atoms with Gasteiger partial charge in [0, 0.05) is 9.89 Å². The van der Waals surface area contributed by atoms with E-state index in [1.165, 1.54) is 0 Å². The van der Waals surface area contributed by atoms with Crippen LogP contribution in [-0.4, -0.2) is 30.0 Å². The maximum Gasteiger partial charge on any atom is 0.120 e. The molecule has 0 unspecified atom stereocenters. The van der Waals surface area contributed by atoms with E-state index in [4.69, 9.17) is 4.74 Å². The van der Waals surface area contributed by atoms with Crippen molar-refractivity contribution in [3.63, 3.8) is 0 Å².